The number of methoxy groups -OCH3 is 2. The van der Waals surface area contributed by atoms with Gasteiger partial charge in [0, 0.05) is 6.07 Å². The van der Waals surface area contributed by atoms with Crippen LogP contribution >= 0.6 is 11.6 Å². The van der Waals surface area contributed by atoms with Crippen molar-refractivity contribution in [3.05, 3.63) is 23.0 Å². The smallest absolute Gasteiger partial charge is 0.411 e. The molecule has 0 atom stereocenters. The molecule has 0 aliphatic heterocycles. The SMILES string of the molecule is COC(=O)Nc1cc(OC)c(Cl)cc1F. The summed E-state index contributed by atoms with van der Waals surface area (Å²) in [6, 6.07) is 2.32. The van der Waals surface area contributed by atoms with Crippen molar-refractivity contribution in [2.24, 2.45) is 0 Å². The van der Waals surface area contributed by atoms with E-state index in [0.29, 0.717) is 0 Å². The van der Waals surface area contributed by atoms with Crippen LogP contribution in [0.4, 0.5) is 14.9 Å². The van der Waals surface area contributed by atoms with Gasteiger partial charge in [-0.05, 0) is 6.07 Å². The molecule has 0 radical (unpaired) electrons. The Morgan fingerprint density at radius 2 is 2.13 bits per heavy atom. The topological polar surface area (TPSA) is 47.6 Å². The lowest BCUT2D eigenvalue weighted by Crippen LogP contribution is -2.12. The van der Waals surface area contributed by atoms with Gasteiger partial charge in [-0.25, -0.2) is 9.18 Å². The fourth-order valence-corrected chi connectivity index (χ4v) is 1.17. The molecule has 0 aliphatic carbocycles. The molecule has 1 aromatic rings. The van der Waals surface area contributed by atoms with E-state index in [1.165, 1.54) is 20.3 Å². The van der Waals surface area contributed by atoms with Crippen LogP contribution in [0.1, 0.15) is 0 Å². The molecular formula is C9H9ClFNO3. The molecule has 0 aliphatic rings. The standard InChI is InChI=1S/C9H9ClFNO3/c1-14-8-4-7(12-9(13)15-2)6(11)3-5(8)10/h3-4H,1-2H3,(H,12,13). The molecule has 15 heavy (non-hydrogen) atoms. The van der Waals surface area contributed by atoms with Crippen LogP contribution in [0.3, 0.4) is 0 Å². The van der Waals surface area contributed by atoms with E-state index in [1.807, 2.05) is 0 Å². The van der Waals surface area contributed by atoms with Crippen LogP contribution in [0.15, 0.2) is 12.1 Å². The predicted molar refractivity (Wildman–Crippen MR) is 54.0 cm³/mol. The number of hydrogen-bond acceptors (Lipinski definition) is 3. The van der Waals surface area contributed by atoms with E-state index in [-0.39, 0.29) is 16.5 Å². The third-order valence-electron chi connectivity index (χ3n) is 1.66. The van der Waals surface area contributed by atoms with Crippen molar-refractivity contribution in [3.63, 3.8) is 0 Å². The first-order valence-corrected chi connectivity index (χ1v) is 4.34. The summed E-state index contributed by atoms with van der Waals surface area (Å²) in [6.45, 7) is 0. The largest absolute Gasteiger partial charge is 0.495 e. The minimum absolute atomic E-state index is 0.0527. The predicted octanol–water partition coefficient (Wildman–Crippen LogP) is 2.67. The van der Waals surface area contributed by atoms with Crippen LogP contribution in [-0.4, -0.2) is 20.3 Å². The zero-order valence-electron chi connectivity index (χ0n) is 8.14. The molecule has 0 spiro atoms. The number of ether oxygens (including phenoxy) is 2. The van der Waals surface area contributed by atoms with Crippen molar-refractivity contribution in [1.82, 2.24) is 0 Å². The number of anilines is 1. The lowest BCUT2D eigenvalue weighted by Gasteiger charge is -2.08. The number of rotatable bonds is 2. The third kappa shape index (κ3) is 2.73. The molecule has 82 valence electrons. The first-order valence-electron chi connectivity index (χ1n) is 3.96. The van der Waals surface area contributed by atoms with Gasteiger partial charge < -0.3 is 9.47 Å². The number of carbonyl (C=O) groups excluding carboxylic acids is 1. The van der Waals surface area contributed by atoms with Crippen molar-refractivity contribution in [2.75, 3.05) is 19.5 Å². The Bertz CT molecular complexity index is 384. The van der Waals surface area contributed by atoms with E-state index >= 15 is 0 Å². The van der Waals surface area contributed by atoms with E-state index in [2.05, 4.69) is 10.1 Å². The Morgan fingerprint density at radius 3 is 2.67 bits per heavy atom. The number of amides is 1. The van der Waals surface area contributed by atoms with Crippen molar-refractivity contribution in [1.29, 1.82) is 0 Å². The van der Waals surface area contributed by atoms with Crippen LogP contribution in [0.5, 0.6) is 5.75 Å². The van der Waals surface area contributed by atoms with Gasteiger partial charge >= 0.3 is 6.09 Å². The summed E-state index contributed by atoms with van der Waals surface area (Å²) in [5.41, 5.74) is -0.0527. The highest BCUT2D eigenvalue weighted by molar-refractivity contribution is 6.32. The van der Waals surface area contributed by atoms with Gasteiger partial charge in [0.1, 0.15) is 11.6 Å². The second-order valence-electron chi connectivity index (χ2n) is 2.58. The molecule has 0 saturated heterocycles. The number of hydrogen-bond donors (Lipinski definition) is 1. The Balaban J connectivity index is 3.02. The van der Waals surface area contributed by atoms with Crippen LogP contribution in [0.2, 0.25) is 5.02 Å². The molecule has 1 amide bonds. The van der Waals surface area contributed by atoms with Gasteiger partial charge in [0.25, 0.3) is 0 Å². The number of nitrogens with one attached hydrogen (secondary N) is 1. The van der Waals surface area contributed by atoms with Crippen LogP contribution in [0, 0.1) is 5.82 Å². The highest BCUT2D eigenvalue weighted by atomic mass is 35.5. The van der Waals surface area contributed by atoms with Crippen LogP contribution < -0.4 is 10.1 Å². The average molecular weight is 234 g/mol. The molecule has 0 unspecified atom stereocenters. The maximum Gasteiger partial charge on any atom is 0.411 e. The Labute approximate surface area is 90.9 Å². The molecule has 0 fully saturated rings. The van der Waals surface area contributed by atoms with Crippen LogP contribution in [-0.2, 0) is 4.74 Å². The van der Waals surface area contributed by atoms with E-state index < -0.39 is 11.9 Å². The summed E-state index contributed by atoms with van der Waals surface area (Å²) >= 11 is 5.66. The first kappa shape index (κ1) is 11.6. The van der Waals surface area contributed by atoms with Gasteiger partial charge in [-0.1, -0.05) is 11.6 Å². The zero-order chi connectivity index (χ0) is 11.4. The quantitative estimate of drug-likeness (QED) is 0.854. The highest BCUT2D eigenvalue weighted by Gasteiger charge is 2.11. The number of halogens is 2. The summed E-state index contributed by atoms with van der Waals surface area (Å²) in [4.78, 5) is 10.8. The molecule has 1 N–H and O–H groups in total. The minimum atomic E-state index is -0.765. The van der Waals surface area contributed by atoms with Gasteiger partial charge in [0.2, 0.25) is 0 Å². The van der Waals surface area contributed by atoms with E-state index in [0.717, 1.165) is 6.07 Å². The highest BCUT2D eigenvalue weighted by Crippen LogP contribution is 2.30. The molecule has 4 nitrogen and oxygen atoms in total. The molecule has 6 heteroatoms. The summed E-state index contributed by atoms with van der Waals surface area (Å²) in [6.07, 6.45) is -0.765. The molecular weight excluding hydrogens is 225 g/mol. The maximum absolute atomic E-state index is 13.3. The van der Waals surface area contributed by atoms with Gasteiger partial charge in [0.15, 0.2) is 0 Å². The second kappa shape index (κ2) is 4.84. The molecule has 0 aromatic heterocycles. The second-order valence-corrected chi connectivity index (χ2v) is 2.99. The number of carbonyl (C=O) groups is 1. The minimum Gasteiger partial charge on any atom is -0.495 e. The normalized spacial score (nSPS) is 9.60. The lowest BCUT2D eigenvalue weighted by atomic mass is 10.3. The fourth-order valence-electron chi connectivity index (χ4n) is 0.942. The summed E-state index contributed by atoms with van der Waals surface area (Å²) < 4.78 is 22.4. The summed E-state index contributed by atoms with van der Waals surface area (Å²) in [7, 11) is 2.57. The lowest BCUT2D eigenvalue weighted by molar-refractivity contribution is 0.187. The molecule has 0 saturated carbocycles. The molecule has 0 heterocycles. The van der Waals surface area contributed by atoms with Crippen molar-refractivity contribution < 1.29 is 18.7 Å². The van der Waals surface area contributed by atoms with Crippen molar-refractivity contribution >= 4 is 23.4 Å². The monoisotopic (exact) mass is 233 g/mol. The fraction of sp³-hybridized carbons (Fsp3) is 0.222. The summed E-state index contributed by atoms with van der Waals surface area (Å²) in [5, 5.41) is 2.32. The summed E-state index contributed by atoms with van der Waals surface area (Å²) in [5.74, 6) is -0.393. The third-order valence-corrected chi connectivity index (χ3v) is 1.96. The average Bonchev–Trinajstić information content (AvgIpc) is 2.21. The maximum atomic E-state index is 13.3. The van der Waals surface area contributed by atoms with Crippen molar-refractivity contribution in [2.45, 2.75) is 0 Å². The van der Waals surface area contributed by atoms with E-state index in [9.17, 15) is 9.18 Å². The van der Waals surface area contributed by atoms with Gasteiger partial charge in [-0.15, -0.1) is 0 Å². The van der Waals surface area contributed by atoms with Gasteiger partial charge in [-0.2, -0.15) is 0 Å². The van der Waals surface area contributed by atoms with Crippen LogP contribution in [0.25, 0.3) is 0 Å². The zero-order valence-corrected chi connectivity index (χ0v) is 8.89. The first-order chi connectivity index (χ1) is 7.08. The Kier molecular flexibility index (Phi) is 3.74. The number of benzene rings is 1. The Morgan fingerprint density at radius 1 is 1.47 bits per heavy atom. The molecule has 1 aromatic carbocycles. The Hall–Kier alpha value is -1.49. The van der Waals surface area contributed by atoms with Gasteiger partial charge in [-0.3, -0.25) is 5.32 Å². The molecule has 1 rings (SSSR count). The molecule has 0 bridgehead atoms. The van der Waals surface area contributed by atoms with E-state index in [4.69, 9.17) is 16.3 Å². The van der Waals surface area contributed by atoms with Gasteiger partial charge in [0.05, 0.1) is 24.9 Å². The van der Waals surface area contributed by atoms with E-state index in [1.54, 1.807) is 0 Å². The van der Waals surface area contributed by atoms with Crippen molar-refractivity contribution in [3.8, 4) is 5.75 Å².